The van der Waals surface area contributed by atoms with Crippen LogP contribution in [0, 0.1) is 5.92 Å². The highest BCUT2D eigenvalue weighted by atomic mass is 16.2. The van der Waals surface area contributed by atoms with E-state index in [9.17, 15) is 4.79 Å². The number of amides is 1. The number of benzene rings is 1. The van der Waals surface area contributed by atoms with Crippen LogP contribution in [-0.2, 0) is 11.3 Å². The molecule has 2 rings (SSSR count). The van der Waals surface area contributed by atoms with E-state index in [1.54, 1.807) is 0 Å². The van der Waals surface area contributed by atoms with Crippen LogP contribution in [0.15, 0.2) is 30.3 Å². The van der Waals surface area contributed by atoms with Gasteiger partial charge in [0.1, 0.15) is 0 Å². The van der Waals surface area contributed by atoms with Gasteiger partial charge in [-0.15, -0.1) is 0 Å². The molecule has 0 saturated carbocycles. The lowest BCUT2D eigenvalue weighted by Gasteiger charge is -2.32. The number of likely N-dealkylation sites (tertiary alicyclic amines) is 1. The largest absolute Gasteiger partial charge is 0.353 e. The number of carbonyl (C=O) groups excluding carboxylic acids is 1. The van der Waals surface area contributed by atoms with Crippen molar-refractivity contribution in [2.75, 3.05) is 13.1 Å². The van der Waals surface area contributed by atoms with Crippen LogP contribution in [0.4, 0.5) is 0 Å². The zero-order valence-corrected chi connectivity index (χ0v) is 13.3. The molecule has 116 valence electrons. The van der Waals surface area contributed by atoms with Gasteiger partial charge in [0.15, 0.2) is 0 Å². The molecule has 2 atom stereocenters. The van der Waals surface area contributed by atoms with Gasteiger partial charge in [0.25, 0.3) is 0 Å². The normalized spacial score (nSPS) is 21.0. The number of nitrogens with zero attached hydrogens (tertiary/aromatic N) is 1. The fraction of sp³-hybridized carbons (Fsp3) is 0.611. The number of piperidine rings is 1. The third-order valence-corrected chi connectivity index (χ3v) is 4.24. The summed E-state index contributed by atoms with van der Waals surface area (Å²) in [6.07, 6.45) is 4.32. The molecule has 0 spiro atoms. The summed E-state index contributed by atoms with van der Waals surface area (Å²) in [5.74, 6) is 0.399. The molecule has 0 bridgehead atoms. The maximum absolute atomic E-state index is 12.3. The summed E-state index contributed by atoms with van der Waals surface area (Å²) in [5, 5.41) is 3.17. The summed E-state index contributed by atoms with van der Waals surface area (Å²) >= 11 is 0. The van der Waals surface area contributed by atoms with Gasteiger partial charge in [0.2, 0.25) is 5.91 Å². The van der Waals surface area contributed by atoms with Crippen LogP contribution in [0.5, 0.6) is 0 Å². The average Bonchev–Trinajstić information content (AvgIpc) is 2.49. The van der Waals surface area contributed by atoms with Gasteiger partial charge in [0, 0.05) is 19.1 Å². The summed E-state index contributed by atoms with van der Waals surface area (Å²) in [6.45, 7) is 7.20. The summed E-state index contributed by atoms with van der Waals surface area (Å²) in [6, 6.07) is 10.8. The first kappa shape index (κ1) is 16.0. The lowest BCUT2D eigenvalue weighted by molar-refractivity contribution is -0.127. The Morgan fingerprint density at radius 1 is 1.38 bits per heavy atom. The highest BCUT2D eigenvalue weighted by Crippen LogP contribution is 2.19. The van der Waals surface area contributed by atoms with Crippen molar-refractivity contribution < 1.29 is 4.79 Å². The van der Waals surface area contributed by atoms with Crippen LogP contribution in [0.25, 0.3) is 0 Å². The number of hydrogen-bond acceptors (Lipinski definition) is 2. The molecule has 21 heavy (non-hydrogen) atoms. The minimum absolute atomic E-state index is 0.154. The highest BCUT2D eigenvalue weighted by molar-refractivity contribution is 5.79. The molecule has 1 saturated heterocycles. The van der Waals surface area contributed by atoms with Gasteiger partial charge in [-0.1, -0.05) is 43.7 Å². The van der Waals surface area contributed by atoms with E-state index in [1.807, 2.05) is 6.07 Å². The fourth-order valence-corrected chi connectivity index (χ4v) is 3.12. The van der Waals surface area contributed by atoms with Gasteiger partial charge in [-0.05, 0) is 38.3 Å². The van der Waals surface area contributed by atoms with Crippen molar-refractivity contribution in [3.63, 3.8) is 0 Å². The highest BCUT2D eigenvalue weighted by Gasteiger charge is 2.26. The minimum Gasteiger partial charge on any atom is -0.353 e. The molecule has 1 aliphatic heterocycles. The zero-order valence-electron chi connectivity index (χ0n) is 13.3. The van der Waals surface area contributed by atoms with Crippen LogP contribution in [0.2, 0.25) is 0 Å². The summed E-state index contributed by atoms with van der Waals surface area (Å²) in [7, 11) is 0. The molecule has 0 unspecified atom stereocenters. The fourth-order valence-electron chi connectivity index (χ4n) is 3.12. The molecular weight excluding hydrogens is 260 g/mol. The Morgan fingerprint density at radius 3 is 2.86 bits per heavy atom. The quantitative estimate of drug-likeness (QED) is 0.872. The number of hydrogen-bond donors (Lipinski definition) is 1. The van der Waals surface area contributed by atoms with E-state index in [0.29, 0.717) is 6.04 Å². The Bertz CT molecular complexity index is 432. The molecule has 1 aromatic carbocycles. The van der Waals surface area contributed by atoms with E-state index in [1.165, 1.54) is 5.56 Å². The van der Waals surface area contributed by atoms with Crippen molar-refractivity contribution in [3.8, 4) is 0 Å². The maximum atomic E-state index is 12.3. The lowest BCUT2D eigenvalue weighted by Crippen LogP contribution is -2.45. The number of rotatable bonds is 6. The van der Waals surface area contributed by atoms with Crippen molar-refractivity contribution in [1.82, 2.24) is 10.2 Å². The van der Waals surface area contributed by atoms with Crippen molar-refractivity contribution in [2.45, 2.75) is 52.1 Å². The Labute approximate surface area is 128 Å². The second-order valence-electron chi connectivity index (χ2n) is 6.26. The maximum Gasteiger partial charge on any atom is 0.224 e. The predicted molar refractivity (Wildman–Crippen MR) is 87.0 cm³/mol. The monoisotopic (exact) mass is 288 g/mol. The number of nitrogens with one attached hydrogen (secondary N) is 1. The summed E-state index contributed by atoms with van der Waals surface area (Å²) in [4.78, 5) is 14.8. The van der Waals surface area contributed by atoms with Crippen LogP contribution in [0.1, 0.15) is 45.1 Å². The van der Waals surface area contributed by atoms with Crippen LogP contribution in [-0.4, -0.2) is 29.9 Å². The molecule has 1 aromatic rings. The van der Waals surface area contributed by atoms with E-state index in [2.05, 4.69) is 48.3 Å². The van der Waals surface area contributed by atoms with Gasteiger partial charge in [0.05, 0.1) is 5.92 Å². The molecular formula is C18H28N2O. The topological polar surface area (TPSA) is 32.3 Å². The second kappa shape index (κ2) is 8.18. The molecule has 0 aromatic heterocycles. The van der Waals surface area contributed by atoms with E-state index < -0.39 is 0 Å². The van der Waals surface area contributed by atoms with Crippen LogP contribution >= 0.6 is 0 Å². The summed E-state index contributed by atoms with van der Waals surface area (Å²) in [5.41, 5.74) is 1.33. The molecule has 3 heteroatoms. The van der Waals surface area contributed by atoms with Gasteiger partial charge in [-0.2, -0.15) is 0 Å². The first-order valence-corrected chi connectivity index (χ1v) is 8.25. The molecule has 3 nitrogen and oxygen atoms in total. The number of carbonyl (C=O) groups is 1. The van der Waals surface area contributed by atoms with E-state index in [-0.39, 0.29) is 11.8 Å². The van der Waals surface area contributed by atoms with E-state index in [4.69, 9.17) is 0 Å². The average molecular weight is 288 g/mol. The van der Waals surface area contributed by atoms with Crippen molar-refractivity contribution in [2.24, 2.45) is 5.92 Å². The van der Waals surface area contributed by atoms with E-state index >= 15 is 0 Å². The second-order valence-corrected chi connectivity index (χ2v) is 6.26. The third-order valence-electron chi connectivity index (χ3n) is 4.24. The van der Waals surface area contributed by atoms with Crippen molar-refractivity contribution in [3.05, 3.63) is 35.9 Å². The van der Waals surface area contributed by atoms with E-state index in [0.717, 1.165) is 45.3 Å². The van der Waals surface area contributed by atoms with Crippen molar-refractivity contribution >= 4 is 5.91 Å². The van der Waals surface area contributed by atoms with Gasteiger partial charge >= 0.3 is 0 Å². The molecule has 0 radical (unpaired) electrons. The minimum atomic E-state index is 0.154. The first-order valence-electron chi connectivity index (χ1n) is 8.25. The molecule has 1 aliphatic rings. The lowest BCUT2D eigenvalue weighted by atomic mass is 9.96. The van der Waals surface area contributed by atoms with Gasteiger partial charge in [-0.3, -0.25) is 9.69 Å². The third kappa shape index (κ3) is 5.16. The van der Waals surface area contributed by atoms with Crippen LogP contribution in [0.3, 0.4) is 0 Å². The van der Waals surface area contributed by atoms with Crippen LogP contribution < -0.4 is 5.32 Å². The zero-order chi connectivity index (χ0) is 15.1. The predicted octanol–water partition coefficient (Wildman–Crippen LogP) is 3.20. The molecule has 1 heterocycles. The molecule has 1 fully saturated rings. The van der Waals surface area contributed by atoms with Gasteiger partial charge < -0.3 is 5.32 Å². The molecule has 1 N–H and O–H groups in total. The SMILES string of the molecule is CCC[C@@H](C)NC(=O)[C@@H]1CCCN(Cc2ccccc2)C1. The Morgan fingerprint density at radius 2 is 2.14 bits per heavy atom. The Hall–Kier alpha value is -1.35. The van der Waals surface area contributed by atoms with Gasteiger partial charge in [-0.25, -0.2) is 0 Å². The Kier molecular flexibility index (Phi) is 6.24. The first-order chi connectivity index (χ1) is 10.2. The summed E-state index contributed by atoms with van der Waals surface area (Å²) < 4.78 is 0. The Balaban J connectivity index is 1.84. The molecule has 1 amide bonds. The standard InChI is InChI=1S/C18H28N2O/c1-3-8-15(2)19-18(21)17-11-7-12-20(14-17)13-16-9-5-4-6-10-16/h4-6,9-10,15,17H,3,7-8,11-14H2,1-2H3,(H,19,21)/t15-,17-/m1/s1. The smallest absolute Gasteiger partial charge is 0.224 e. The van der Waals surface area contributed by atoms with Crippen molar-refractivity contribution in [1.29, 1.82) is 0 Å². The molecule has 0 aliphatic carbocycles.